The molecule has 106 valence electrons. The van der Waals surface area contributed by atoms with E-state index in [1.54, 1.807) is 6.92 Å². The van der Waals surface area contributed by atoms with Crippen LogP contribution in [0.5, 0.6) is 0 Å². The van der Waals surface area contributed by atoms with Gasteiger partial charge in [0.15, 0.2) is 0 Å². The van der Waals surface area contributed by atoms with Gasteiger partial charge >= 0.3 is 0 Å². The van der Waals surface area contributed by atoms with Gasteiger partial charge in [-0.05, 0) is 49.8 Å². The van der Waals surface area contributed by atoms with Crippen LogP contribution in [0.2, 0.25) is 0 Å². The predicted molar refractivity (Wildman–Crippen MR) is 74.0 cm³/mol. The molecule has 0 amide bonds. The van der Waals surface area contributed by atoms with Gasteiger partial charge in [0, 0.05) is 11.6 Å². The number of hydrogen-bond donors (Lipinski definition) is 1. The van der Waals surface area contributed by atoms with Gasteiger partial charge in [0.25, 0.3) is 0 Å². The van der Waals surface area contributed by atoms with E-state index in [0.29, 0.717) is 17.4 Å². The fraction of sp³-hybridized carbons (Fsp3) is 0.625. The highest BCUT2D eigenvalue weighted by atomic mass is 19.1. The Morgan fingerprint density at radius 3 is 2.63 bits per heavy atom. The van der Waals surface area contributed by atoms with Crippen LogP contribution in [0.4, 0.5) is 8.78 Å². The third kappa shape index (κ3) is 2.97. The molecule has 1 aliphatic carbocycles. The maximum atomic E-state index is 14.3. The van der Waals surface area contributed by atoms with Gasteiger partial charge in [0.2, 0.25) is 0 Å². The maximum Gasteiger partial charge on any atom is 0.133 e. The monoisotopic (exact) mass is 267 g/mol. The van der Waals surface area contributed by atoms with Crippen molar-refractivity contribution in [2.75, 3.05) is 6.54 Å². The molecular formula is C16H23F2N. The van der Waals surface area contributed by atoms with Crippen molar-refractivity contribution in [2.24, 2.45) is 11.8 Å². The molecule has 0 radical (unpaired) electrons. The SMILES string of the molecule is CCNC(c1c(F)ccc(C)c1F)C1CCC(C)C1. The second kappa shape index (κ2) is 6.00. The van der Waals surface area contributed by atoms with Gasteiger partial charge in [-0.25, -0.2) is 8.78 Å². The summed E-state index contributed by atoms with van der Waals surface area (Å²) in [6, 6.07) is 2.69. The molecule has 3 atom stereocenters. The highest BCUT2D eigenvalue weighted by Gasteiger charge is 2.32. The molecule has 0 bridgehead atoms. The molecule has 0 spiro atoms. The largest absolute Gasteiger partial charge is 0.310 e. The summed E-state index contributed by atoms with van der Waals surface area (Å²) in [7, 11) is 0. The molecule has 0 heterocycles. The zero-order chi connectivity index (χ0) is 14.0. The van der Waals surface area contributed by atoms with Crippen LogP contribution in [0, 0.1) is 30.4 Å². The standard InChI is InChI=1S/C16H23F2N/c1-4-19-16(12-7-5-10(2)9-12)14-13(17)8-6-11(3)15(14)18/h6,8,10,12,16,19H,4-5,7,9H2,1-3H3. The number of benzene rings is 1. The van der Waals surface area contributed by atoms with Crippen LogP contribution < -0.4 is 5.32 Å². The Kier molecular flexibility index (Phi) is 4.56. The first-order valence-electron chi connectivity index (χ1n) is 7.22. The van der Waals surface area contributed by atoms with E-state index in [-0.39, 0.29) is 17.4 Å². The molecule has 0 aromatic heterocycles. The van der Waals surface area contributed by atoms with Crippen molar-refractivity contribution in [1.29, 1.82) is 0 Å². The summed E-state index contributed by atoms with van der Waals surface area (Å²) in [5, 5.41) is 3.29. The first-order valence-corrected chi connectivity index (χ1v) is 7.22. The van der Waals surface area contributed by atoms with Gasteiger partial charge in [0.1, 0.15) is 11.6 Å². The molecule has 2 rings (SSSR count). The van der Waals surface area contributed by atoms with Crippen LogP contribution in [0.25, 0.3) is 0 Å². The van der Waals surface area contributed by atoms with Crippen molar-refractivity contribution < 1.29 is 8.78 Å². The van der Waals surface area contributed by atoms with Crippen molar-refractivity contribution in [3.63, 3.8) is 0 Å². The molecule has 19 heavy (non-hydrogen) atoms. The average molecular weight is 267 g/mol. The topological polar surface area (TPSA) is 12.0 Å². The van der Waals surface area contributed by atoms with Crippen molar-refractivity contribution in [3.8, 4) is 0 Å². The molecule has 1 aliphatic rings. The lowest BCUT2D eigenvalue weighted by atomic mass is 9.89. The van der Waals surface area contributed by atoms with E-state index in [9.17, 15) is 8.78 Å². The van der Waals surface area contributed by atoms with Crippen LogP contribution in [-0.4, -0.2) is 6.54 Å². The third-order valence-electron chi connectivity index (χ3n) is 4.26. The smallest absolute Gasteiger partial charge is 0.133 e. The lowest BCUT2D eigenvalue weighted by molar-refractivity contribution is 0.342. The van der Waals surface area contributed by atoms with Crippen molar-refractivity contribution in [3.05, 3.63) is 34.9 Å². The van der Waals surface area contributed by atoms with E-state index in [1.807, 2.05) is 6.92 Å². The first kappa shape index (κ1) is 14.4. The lowest BCUT2D eigenvalue weighted by Crippen LogP contribution is -2.29. The molecule has 0 saturated heterocycles. The Morgan fingerprint density at radius 2 is 2.05 bits per heavy atom. The fourth-order valence-electron chi connectivity index (χ4n) is 3.24. The Morgan fingerprint density at radius 1 is 1.32 bits per heavy atom. The number of halogens is 2. The zero-order valence-electron chi connectivity index (χ0n) is 12.0. The summed E-state index contributed by atoms with van der Waals surface area (Å²) in [5.74, 6) is 0.182. The van der Waals surface area contributed by atoms with Crippen LogP contribution in [-0.2, 0) is 0 Å². The average Bonchev–Trinajstić information content (AvgIpc) is 2.80. The van der Waals surface area contributed by atoms with Gasteiger partial charge in [-0.3, -0.25) is 0 Å². The summed E-state index contributed by atoms with van der Waals surface area (Å²) >= 11 is 0. The number of hydrogen-bond acceptors (Lipinski definition) is 1. The molecule has 3 heteroatoms. The number of nitrogens with one attached hydrogen (secondary N) is 1. The Hall–Kier alpha value is -0.960. The summed E-state index contributed by atoms with van der Waals surface area (Å²) in [6.07, 6.45) is 3.25. The molecule has 3 unspecified atom stereocenters. The molecule has 1 saturated carbocycles. The van der Waals surface area contributed by atoms with E-state index >= 15 is 0 Å². The van der Waals surface area contributed by atoms with Gasteiger partial charge in [-0.1, -0.05) is 26.3 Å². The number of aryl methyl sites for hydroxylation is 1. The van der Waals surface area contributed by atoms with Gasteiger partial charge in [-0.2, -0.15) is 0 Å². The molecule has 1 N–H and O–H groups in total. The van der Waals surface area contributed by atoms with Crippen molar-refractivity contribution in [2.45, 2.75) is 46.1 Å². The van der Waals surface area contributed by atoms with Crippen LogP contribution >= 0.6 is 0 Å². The summed E-state index contributed by atoms with van der Waals surface area (Å²) in [5.41, 5.74) is 0.756. The van der Waals surface area contributed by atoms with E-state index in [0.717, 1.165) is 25.8 Å². The van der Waals surface area contributed by atoms with Crippen molar-refractivity contribution in [1.82, 2.24) is 5.32 Å². The van der Waals surface area contributed by atoms with E-state index in [4.69, 9.17) is 0 Å². The Balaban J connectivity index is 2.36. The predicted octanol–water partition coefficient (Wildman–Crippen LogP) is 4.36. The van der Waals surface area contributed by atoms with Crippen LogP contribution in [0.1, 0.15) is 50.3 Å². The minimum atomic E-state index is -0.423. The minimum absolute atomic E-state index is 0.199. The maximum absolute atomic E-state index is 14.3. The Labute approximate surface area is 114 Å². The fourth-order valence-corrected chi connectivity index (χ4v) is 3.24. The highest BCUT2D eigenvalue weighted by Crippen LogP contribution is 2.40. The third-order valence-corrected chi connectivity index (χ3v) is 4.26. The van der Waals surface area contributed by atoms with E-state index in [2.05, 4.69) is 12.2 Å². The number of rotatable bonds is 4. The first-order chi connectivity index (χ1) is 9.04. The molecule has 1 nitrogen and oxygen atoms in total. The van der Waals surface area contributed by atoms with Crippen molar-refractivity contribution >= 4 is 0 Å². The van der Waals surface area contributed by atoms with Crippen LogP contribution in [0.3, 0.4) is 0 Å². The van der Waals surface area contributed by atoms with Gasteiger partial charge in [0.05, 0.1) is 0 Å². The highest BCUT2D eigenvalue weighted by molar-refractivity contribution is 5.30. The molecule has 0 aliphatic heterocycles. The normalized spacial score (nSPS) is 24.7. The second-order valence-corrected chi connectivity index (χ2v) is 5.81. The lowest BCUT2D eigenvalue weighted by Gasteiger charge is -2.26. The van der Waals surface area contributed by atoms with Gasteiger partial charge in [-0.15, -0.1) is 0 Å². The Bertz CT molecular complexity index is 445. The molecule has 1 aromatic rings. The molecular weight excluding hydrogens is 244 g/mol. The molecule has 1 aromatic carbocycles. The minimum Gasteiger partial charge on any atom is -0.310 e. The summed E-state index contributed by atoms with van der Waals surface area (Å²) < 4.78 is 28.4. The van der Waals surface area contributed by atoms with E-state index in [1.165, 1.54) is 12.1 Å². The van der Waals surface area contributed by atoms with Gasteiger partial charge < -0.3 is 5.32 Å². The zero-order valence-corrected chi connectivity index (χ0v) is 12.0. The van der Waals surface area contributed by atoms with Crippen LogP contribution in [0.15, 0.2) is 12.1 Å². The summed E-state index contributed by atoms with van der Waals surface area (Å²) in [6.45, 7) is 6.61. The summed E-state index contributed by atoms with van der Waals surface area (Å²) in [4.78, 5) is 0. The quantitative estimate of drug-likeness (QED) is 0.854. The second-order valence-electron chi connectivity index (χ2n) is 5.81. The molecule has 1 fully saturated rings. The van der Waals surface area contributed by atoms with E-state index < -0.39 is 5.82 Å².